The maximum absolute atomic E-state index is 14.4. The highest BCUT2D eigenvalue weighted by atomic mass is 31.2. The van der Waals surface area contributed by atoms with Crippen LogP contribution in [-0.4, -0.2) is 86.4 Å². The van der Waals surface area contributed by atoms with E-state index < -0.39 is 50.4 Å². The number of anilines is 1. The second-order valence-corrected chi connectivity index (χ2v) is 13.8. The molecule has 6 rings (SSSR count). The molecule has 0 aliphatic carbocycles. The quantitative estimate of drug-likeness (QED) is 0.135. The molecule has 1 fully saturated rings. The lowest BCUT2D eigenvalue weighted by Crippen LogP contribution is -2.44. The van der Waals surface area contributed by atoms with Gasteiger partial charge in [-0.25, -0.2) is 9.55 Å². The molecule has 6 bridgehead atoms. The Balaban J connectivity index is 1.33. The molecule has 2 aliphatic rings. The van der Waals surface area contributed by atoms with Gasteiger partial charge in [0.1, 0.15) is 29.6 Å². The molecule has 6 atom stereocenters. The van der Waals surface area contributed by atoms with Gasteiger partial charge in [0.15, 0.2) is 17.4 Å². The Labute approximate surface area is 283 Å². The first kappa shape index (κ1) is 34.7. The van der Waals surface area contributed by atoms with Crippen LogP contribution in [0.2, 0.25) is 0 Å². The molecule has 1 saturated heterocycles. The van der Waals surface area contributed by atoms with Crippen molar-refractivity contribution in [3.8, 4) is 11.6 Å². The van der Waals surface area contributed by atoms with Gasteiger partial charge in [0.05, 0.1) is 26.1 Å². The smallest absolute Gasteiger partial charge is 0.459 e. The number of imidazole rings is 1. The molecule has 0 saturated carbocycles. The van der Waals surface area contributed by atoms with Crippen LogP contribution in [0.4, 0.5) is 5.95 Å². The lowest BCUT2D eigenvalue weighted by atomic mass is 9.96. The number of nitrogens with zero attached hydrogens (tertiary/aromatic N) is 4. The summed E-state index contributed by atoms with van der Waals surface area (Å²) in [7, 11) is -2.70. The molecule has 2 aliphatic heterocycles. The molecular formula is C33H41N6O9P. The normalized spacial score (nSPS) is 29.0. The Kier molecular flexibility index (Phi) is 10.5. The van der Waals surface area contributed by atoms with Crippen LogP contribution < -0.4 is 19.7 Å². The lowest BCUT2D eigenvalue weighted by molar-refractivity contribution is -0.145. The van der Waals surface area contributed by atoms with Crippen molar-refractivity contribution in [2.75, 3.05) is 32.2 Å². The SMILES string of the molecule is CNc1nc2c3ncn(c3n1)C1OC(COP(=O)(Oc3cccc4ccccc34)N[C@@H](C)C(=O)OCCCCC=CCCO2)[C@@H](O)[C@@]1(C)O. The van der Waals surface area contributed by atoms with Crippen LogP contribution in [0.25, 0.3) is 21.9 Å². The summed E-state index contributed by atoms with van der Waals surface area (Å²) in [5.74, 6) is 0.114. The number of hydrogen-bond acceptors (Lipinski definition) is 13. The Morgan fingerprint density at radius 2 is 1.88 bits per heavy atom. The van der Waals surface area contributed by atoms with Crippen molar-refractivity contribution in [1.29, 1.82) is 0 Å². The minimum atomic E-state index is -4.36. The van der Waals surface area contributed by atoms with Crippen molar-refractivity contribution < 1.29 is 42.8 Å². The van der Waals surface area contributed by atoms with Crippen LogP contribution in [0.3, 0.4) is 0 Å². The predicted octanol–water partition coefficient (Wildman–Crippen LogP) is 4.26. The first-order valence-electron chi connectivity index (χ1n) is 16.2. The summed E-state index contributed by atoms with van der Waals surface area (Å²) < 4.78 is 45.4. The van der Waals surface area contributed by atoms with Crippen molar-refractivity contribution in [3.63, 3.8) is 0 Å². The van der Waals surface area contributed by atoms with Crippen LogP contribution in [0.15, 0.2) is 60.9 Å². The van der Waals surface area contributed by atoms with Crippen LogP contribution in [-0.2, 0) is 23.4 Å². The van der Waals surface area contributed by atoms with Crippen molar-refractivity contribution in [3.05, 3.63) is 60.9 Å². The van der Waals surface area contributed by atoms with Gasteiger partial charge < -0.3 is 34.3 Å². The second kappa shape index (κ2) is 14.8. The largest absolute Gasteiger partial charge is 0.476 e. The van der Waals surface area contributed by atoms with Crippen LogP contribution in [0.5, 0.6) is 11.6 Å². The minimum absolute atomic E-state index is 0.180. The molecule has 15 nitrogen and oxygen atoms in total. The molecular weight excluding hydrogens is 655 g/mol. The molecule has 49 heavy (non-hydrogen) atoms. The second-order valence-electron chi connectivity index (χ2n) is 12.1. The van der Waals surface area contributed by atoms with Gasteiger partial charge in [-0.1, -0.05) is 48.6 Å². The fourth-order valence-electron chi connectivity index (χ4n) is 5.73. The number of aromatic nitrogens is 4. The third-order valence-electron chi connectivity index (χ3n) is 8.40. The van der Waals surface area contributed by atoms with Gasteiger partial charge in [-0.15, -0.1) is 0 Å². The first-order valence-corrected chi connectivity index (χ1v) is 17.8. The Bertz CT molecular complexity index is 1860. The fraction of sp³-hybridized carbons (Fsp3) is 0.455. The minimum Gasteiger partial charge on any atom is -0.476 e. The van der Waals surface area contributed by atoms with E-state index in [4.69, 9.17) is 23.3 Å². The Hall–Kier alpha value is -4.11. The van der Waals surface area contributed by atoms with E-state index in [1.54, 1.807) is 19.2 Å². The fourth-order valence-corrected chi connectivity index (χ4v) is 7.25. The third kappa shape index (κ3) is 7.57. The van der Waals surface area contributed by atoms with Crippen molar-refractivity contribution in [2.45, 2.75) is 69.6 Å². The number of allylic oxidation sites excluding steroid dienone is 1. The van der Waals surface area contributed by atoms with Crippen LogP contribution >= 0.6 is 7.75 Å². The average Bonchev–Trinajstić information content (AvgIpc) is 3.61. The maximum Gasteiger partial charge on any atom is 0.459 e. The van der Waals surface area contributed by atoms with E-state index in [1.165, 1.54) is 24.7 Å². The summed E-state index contributed by atoms with van der Waals surface area (Å²) >= 11 is 0. The van der Waals surface area contributed by atoms with Crippen molar-refractivity contribution in [1.82, 2.24) is 24.6 Å². The Morgan fingerprint density at radius 1 is 1.08 bits per heavy atom. The van der Waals surface area contributed by atoms with E-state index in [9.17, 15) is 19.6 Å². The topological polar surface area (TPSA) is 188 Å². The summed E-state index contributed by atoms with van der Waals surface area (Å²) in [6.45, 7) is 2.93. The number of carbonyl (C=O) groups excluding carboxylic acids is 1. The van der Waals surface area contributed by atoms with E-state index in [0.29, 0.717) is 36.0 Å². The number of fused-ring (bicyclic) bond motifs is 4. The van der Waals surface area contributed by atoms with Gasteiger partial charge in [-0.2, -0.15) is 15.1 Å². The summed E-state index contributed by atoms with van der Waals surface area (Å²) in [4.78, 5) is 26.3. The number of esters is 1. The number of aliphatic hydroxyl groups excluding tert-OH is 1. The number of benzene rings is 2. The third-order valence-corrected chi connectivity index (χ3v) is 10.0. The molecule has 2 aromatic carbocycles. The van der Waals surface area contributed by atoms with E-state index in [2.05, 4.69) is 25.4 Å². The zero-order valence-corrected chi connectivity index (χ0v) is 28.4. The van der Waals surface area contributed by atoms with E-state index in [-0.39, 0.29) is 24.2 Å². The lowest BCUT2D eigenvalue weighted by Gasteiger charge is -2.27. The first-order chi connectivity index (χ1) is 23.6. The van der Waals surface area contributed by atoms with Gasteiger partial charge in [0.2, 0.25) is 11.8 Å². The van der Waals surface area contributed by atoms with Gasteiger partial charge >= 0.3 is 13.7 Å². The predicted molar refractivity (Wildman–Crippen MR) is 180 cm³/mol. The maximum atomic E-state index is 14.4. The average molecular weight is 697 g/mol. The zero-order chi connectivity index (χ0) is 34.6. The molecule has 3 unspecified atom stereocenters. The van der Waals surface area contributed by atoms with Gasteiger partial charge in [-0.05, 0) is 51.0 Å². The van der Waals surface area contributed by atoms with E-state index >= 15 is 0 Å². The molecule has 0 amide bonds. The molecule has 0 radical (unpaired) electrons. The van der Waals surface area contributed by atoms with Gasteiger partial charge in [0.25, 0.3) is 0 Å². The van der Waals surface area contributed by atoms with E-state index in [0.717, 1.165) is 18.2 Å². The highest BCUT2D eigenvalue weighted by molar-refractivity contribution is 7.52. The van der Waals surface area contributed by atoms with E-state index in [1.807, 2.05) is 42.5 Å². The Morgan fingerprint density at radius 3 is 2.71 bits per heavy atom. The van der Waals surface area contributed by atoms with Crippen LogP contribution in [0, 0.1) is 0 Å². The number of cyclic esters (lactones) is 1. The molecule has 4 N–H and O–H groups in total. The molecule has 16 heteroatoms. The number of aliphatic hydroxyl groups is 2. The summed E-state index contributed by atoms with van der Waals surface area (Å²) in [5.41, 5.74) is -1.25. The highest BCUT2D eigenvalue weighted by Gasteiger charge is 2.54. The number of carbonyl (C=O) groups is 1. The number of rotatable bonds is 3. The summed E-state index contributed by atoms with van der Waals surface area (Å²) in [6.07, 6.45) is 4.38. The van der Waals surface area contributed by atoms with Crippen molar-refractivity contribution >= 4 is 41.6 Å². The van der Waals surface area contributed by atoms with Crippen molar-refractivity contribution in [2.24, 2.45) is 0 Å². The summed E-state index contributed by atoms with van der Waals surface area (Å²) in [6, 6.07) is 11.6. The molecule has 4 aromatic rings. The van der Waals surface area contributed by atoms with Crippen LogP contribution in [0.1, 0.15) is 45.8 Å². The number of nitrogens with one attached hydrogen (secondary N) is 2. The van der Waals surface area contributed by atoms with Gasteiger partial charge in [0, 0.05) is 12.4 Å². The molecule has 2 aromatic heterocycles. The zero-order valence-electron chi connectivity index (χ0n) is 27.5. The van der Waals surface area contributed by atoms with Gasteiger partial charge in [-0.3, -0.25) is 13.9 Å². The monoisotopic (exact) mass is 696 g/mol. The number of ether oxygens (including phenoxy) is 3. The molecule has 4 heterocycles. The number of hydrogen-bond donors (Lipinski definition) is 4. The summed E-state index contributed by atoms with van der Waals surface area (Å²) in [5, 5.41) is 30.0. The molecule has 0 spiro atoms. The highest BCUT2D eigenvalue weighted by Crippen LogP contribution is 2.48. The standard InChI is InChI=1S/C33H41N6O9P/c1-21-30(41)45-18-11-7-5-4-6-10-17-44-29-26-28(36-32(34-3)37-29)39(20-35-26)31-33(2,42)27(40)25(47-31)19-46-49(43,38-21)48-24-16-12-14-22-13-8-9-15-23(22)24/h4,6,8-9,12-16,20-21,25,27,31,40,42H,5,7,10-11,17-19H2,1-3H3,(H,38,43)(H,34,36,37)/t21-,25?,27+,31?,33+,49?/m0/s1. The molecule has 262 valence electrons.